The Labute approximate surface area is 119 Å². The highest BCUT2D eigenvalue weighted by molar-refractivity contribution is 5.84. The Morgan fingerprint density at radius 1 is 1.15 bits per heavy atom. The van der Waals surface area contributed by atoms with Crippen LogP contribution in [-0.2, 0) is 4.79 Å². The number of amides is 1. The molecule has 0 heterocycles. The summed E-state index contributed by atoms with van der Waals surface area (Å²) in [6, 6.07) is 5.25. The number of hydrogen-bond donors (Lipinski definition) is 2. The van der Waals surface area contributed by atoms with Crippen LogP contribution in [0.4, 0.5) is 0 Å². The summed E-state index contributed by atoms with van der Waals surface area (Å²) in [6.07, 6.45) is 0. The van der Waals surface area contributed by atoms with Gasteiger partial charge in [0, 0.05) is 18.2 Å². The van der Waals surface area contributed by atoms with Crippen LogP contribution in [0, 0.1) is 0 Å². The molecule has 0 saturated heterocycles. The monoisotopic (exact) mass is 282 g/mol. The number of carbonyl (C=O) groups is 1. The van der Waals surface area contributed by atoms with Crippen molar-refractivity contribution in [3.05, 3.63) is 18.2 Å². The second-order valence-corrected chi connectivity index (χ2v) is 4.87. The van der Waals surface area contributed by atoms with Crippen LogP contribution in [0.5, 0.6) is 17.2 Å². The van der Waals surface area contributed by atoms with Gasteiger partial charge in [-0.25, -0.2) is 0 Å². The van der Waals surface area contributed by atoms with E-state index in [2.05, 4.69) is 5.32 Å². The molecule has 0 fully saturated rings. The van der Waals surface area contributed by atoms with Gasteiger partial charge < -0.3 is 25.3 Å². The molecule has 0 spiro atoms. The molecule has 1 rings (SSSR count). The summed E-state index contributed by atoms with van der Waals surface area (Å²) in [5.74, 6) is 1.68. The standard InChI is InChI=1S/C14H22N2O4/c1-14(2,15)13(17)16-5-6-20-12-8-10(18-3)7-11(9-12)19-4/h7-9H,5-6,15H2,1-4H3,(H,16,17). The van der Waals surface area contributed by atoms with E-state index < -0.39 is 5.54 Å². The van der Waals surface area contributed by atoms with Gasteiger partial charge in [0.2, 0.25) is 5.91 Å². The number of nitrogens with two attached hydrogens (primary N) is 1. The normalized spacial score (nSPS) is 10.8. The van der Waals surface area contributed by atoms with Crippen molar-refractivity contribution in [1.29, 1.82) is 0 Å². The fraction of sp³-hybridized carbons (Fsp3) is 0.500. The highest BCUT2D eigenvalue weighted by atomic mass is 16.5. The van der Waals surface area contributed by atoms with Gasteiger partial charge in [-0.15, -0.1) is 0 Å². The van der Waals surface area contributed by atoms with Gasteiger partial charge in [0.25, 0.3) is 0 Å². The zero-order valence-corrected chi connectivity index (χ0v) is 12.4. The molecular weight excluding hydrogens is 260 g/mol. The fourth-order valence-corrected chi connectivity index (χ4v) is 1.43. The van der Waals surface area contributed by atoms with Gasteiger partial charge in [-0.2, -0.15) is 0 Å². The van der Waals surface area contributed by atoms with Gasteiger partial charge in [0.15, 0.2) is 0 Å². The maximum atomic E-state index is 11.5. The molecule has 6 heteroatoms. The van der Waals surface area contributed by atoms with Crippen LogP contribution in [0.15, 0.2) is 18.2 Å². The van der Waals surface area contributed by atoms with Crippen LogP contribution in [0.1, 0.15) is 13.8 Å². The van der Waals surface area contributed by atoms with Crippen LogP contribution in [-0.4, -0.2) is 38.8 Å². The van der Waals surface area contributed by atoms with E-state index in [1.807, 2.05) is 0 Å². The van der Waals surface area contributed by atoms with Crippen LogP contribution in [0.3, 0.4) is 0 Å². The number of methoxy groups -OCH3 is 2. The summed E-state index contributed by atoms with van der Waals surface area (Å²) >= 11 is 0. The molecule has 112 valence electrons. The van der Waals surface area contributed by atoms with Crippen LogP contribution < -0.4 is 25.3 Å². The molecule has 0 aliphatic carbocycles. The maximum absolute atomic E-state index is 11.5. The third-order valence-corrected chi connectivity index (χ3v) is 2.57. The zero-order valence-electron chi connectivity index (χ0n) is 12.4. The van der Waals surface area contributed by atoms with E-state index in [1.165, 1.54) is 0 Å². The van der Waals surface area contributed by atoms with E-state index in [4.69, 9.17) is 19.9 Å². The minimum atomic E-state index is -0.890. The molecule has 0 radical (unpaired) electrons. The van der Waals surface area contributed by atoms with Crippen molar-refractivity contribution >= 4 is 5.91 Å². The Bertz CT molecular complexity index is 433. The summed E-state index contributed by atoms with van der Waals surface area (Å²) < 4.78 is 15.8. The average molecular weight is 282 g/mol. The van der Waals surface area contributed by atoms with Crippen molar-refractivity contribution < 1.29 is 19.0 Å². The largest absolute Gasteiger partial charge is 0.496 e. The molecule has 0 aromatic heterocycles. The van der Waals surface area contributed by atoms with E-state index in [9.17, 15) is 4.79 Å². The molecule has 0 unspecified atom stereocenters. The van der Waals surface area contributed by atoms with E-state index >= 15 is 0 Å². The molecule has 1 amide bonds. The molecule has 0 aliphatic heterocycles. The summed E-state index contributed by atoms with van der Waals surface area (Å²) in [5, 5.41) is 2.70. The minimum absolute atomic E-state index is 0.218. The first kappa shape index (κ1) is 16.1. The molecule has 0 saturated carbocycles. The summed E-state index contributed by atoms with van der Waals surface area (Å²) in [6.45, 7) is 4.00. The second-order valence-electron chi connectivity index (χ2n) is 4.87. The highest BCUT2D eigenvalue weighted by Gasteiger charge is 2.20. The third kappa shape index (κ3) is 4.97. The molecule has 1 aromatic carbocycles. The van der Waals surface area contributed by atoms with Crippen molar-refractivity contribution in [2.75, 3.05) is 27.4 Å². The molecule has 20 heavy (non-hydrogen) atoms. The van der Waals surface area contributed by atoms with Crippen molar-refractivity contribution in [3.63, 3.8) is 0 Å². The number of carbonyl (C=O) groups excluding carboxylic acids is 1. The predicted molar refractivity (Wildman–Crippen MR) is 76.3 cm³/mol. The van der Waals surface area contributed by atoms with Crippen LogP contribution in [0.25, 0.3) is 0 Å². The molecule has 6 nitrogen and oxygen atoms in total. The fourth-order valence-electron chi connectivity index (χ4n) is 1.43. The van der Waals surface area contributed by atoms with Gasteiger partial charge >= 0.3 is 0 Å². The Balaban J connectivity index is 2.48. The first-order chi connectivity index (χ1) is 9.36. The van der Waals surface area contributed by atoms with Crippen LogP contribution in [0.2, 0.25) is 0 Å². The summed E-state index contributed by atoms with van der Waals surface area (Å²) in [5.41, 5.74) is 4.77. The Morgan fingerprint density at radius 2 is 1.65 bits per heavy atom. The first-order valence-electron chi connectivity index (χ1n) is 6.30. The number of rotatable bonds is 7. The minimum Gasteiger partial charge on any atom is -0.496 e. The highest BCUT2D eigenvalue weighted by Crippen LogP contribution is 2.27. The lowest BCUT2D eigenvalue weighted by Gasteiger charge is -2.18. The van der Waals surface area contributed by atoms with Gasteiger partial charge in [-0.05, 0) is 13.8 Å². The van der Waals surface area contributed by atoms with E-state index in [1.54, 1.807) is 46.3 Å². The lowest BCUT2D eigenvalue weighted by molar-refractivity contribution is -0.125. The molecular formula is C14H22N2O4. The average Bonchev–Trinajstić information content (AvgIpc) is 2.41. The van der Waals surface area contributed by atoms with Gasteiger partial charge in [-0.3, -0.25) is 4.79 Å². The van der Waals surface area contributed by atoms with E-state index in [0.29, 0.717) is 30.4 Å². The number of benzene rings is 1. The molecule has 1 aromatic rings. The lowest BCUT2D eigenvalue weighted by atomic mass is 10.1. The van der Waals surface area contributed by atoms with Gasteiger partial charge in [0.1, 0.15) is 23.9 Å². The summed E-state index contributed by atoms with van der Waals surface area (Å²) in [4.78, 5) is 11.5. The van der Waals surface area contributed by atoms with Gasteiger partial charge in [-0.1, -0.05) is 0 Å². The topological polar surface area (TPSA) is 82.8 Å². The SMILES string of the molecule is COc1cc(OC)cc(OCCNC(=O)C(C)(C)N)c1. The van der Waals surface area contributed by atoms with E-state index in [0.717, 1.165) is 0 Å². The van der Waals surface area contributed by atoms with Crippen molar-refractivity contribution in [1.82, 2.24) is 5.32 Å². The summed E-state index contributed by atoms with van der Waals surface area (Å²) in [7, 11) is 3.14. The van der Waals surface area contributed by atoms with Crippen molar-refractivity contribution in [2.24, 2.45) is 5.73 Å². The maximum Gasteiger partial charge on any atom is 0.239 e. The Morgan fingerprint density at radius 3 is 2.10 bits per heavy atom. The second kappa shape index (κ2) is 7.00. The molecule has 0 aliphatic rings. The zero-order chi connectivity index (χ0) is 15.2. The number of ether oxygens (including phenoxy) is 3. The van der Waals surface area contributed by atoms with Crippen molar-refractivity contribution in [2.45, 2.75) is 19.4 Å². The van der Waals surface area contributed by atoms with Gasteiger partial charge in [0.05, 0.1) is 26.3 Å². The third-order valence-electron chi connectivity index (χ3n) is 2.57. The first-order valence-corrected chi connectivity index (χ1v) is 6.30. The van der Waals surface area contributed by atoms with E-state index in [-0.39, 0.29) is 5.91 Å². The Hall–Kier alpha value is -1.95. The van der Waals surface area contributed by atoms with Crippen LogP contribution >= 0.6 is 0 Å². The Kier molecular flexibility index (Phi) is 5.64. The molecule has 0 bridgehead atoms. The lowest BCUT2D eigenvalue weighted by Crippen LogP contribution is -2.49. The predicted octanol–water partition coefficient (Wildman–Crippen LogP) is 0.936. The van der Waals surface area contributed by atoms with Crippen molar-refractivity contribution in [3.8, 4) is 17.2 Å². The molecule has 3 N–H and O–H groups in total. The number of nitrogens with one attached hydrogen (secondary N) is 1. The number of hydrogen-bond acceptors (Lipinski definition) is 5. The quantitative estimate of drug-likeness (QED) is 0.727. The smallest absolute Gasteiger partial charge is 0.239 e. The molecule has 0 atom stereocenters.